The number of aryl methyl sites for hydroxylation is 2. The number of nitrogens with zero attached hydrogens (tertiary/aromatic N) is 3. The number of fused-ring (bicyclic) bond motifs is 1. The number of aromatic nitrogens is 3. The van der Waals surface area contributed by atoms with E-state index in [1.165, 1.54) is 0 Å². The number of anilines is 1. The van der Waals surface area contributed by atoms with Gasteiger partial charge in [-0.3, -0.25) is 4.79 Å². The van der Waals surface area contributed by atoms with Crippen molar-refractivity contribution in [2.75, 3.05) is 11.9 Å². The van der Waals surface area contributed by atoms with Crippen LogP contribution in [0.1, 0.15) is 56.5 Å². The maximum absolute atomic E-state index is 12.6. The second kappa shape index (κ2) is 8.29. The maximum Gasteiger partial charge on any atom is 0.242 e. The minimum Gasteiger partial charge on any atom is -0.360 e. The van der Waals surface area contributed by atoms with Crippen molar-refractivity contribution in [3.05, 3.63) is 30.0 Å². The number of hydrogen-bond acceptors (Lipinski definition) is 5. The molecule has 25 heavy (non-hydrogen) atoms. The van der Waals surface area contributed by atoms with Crippen LogP contribution in [0.3, 0.4) is 0 Å². The van der Waals surface area contributed by atoms with Crippen LogP contribution in [0.25, 0.3) is 0 Å². The molecule has 2 aromatic rings. The number of carbonyl (C=O) groups is 1. The molecule has 0 aliphatic carbocycles. The Morgan fingerprint density at radius 1 is 1.52 bits per heavy atom. The summed E-state index contributed by atoms with van der Waals surface area (Å²) in [5, 5.41) is 10.1. The summed E-state index contributed by atoms with van der Waals surface area (Å²) in [5.74, 6) is 2.58. The van der Waals surface area contributed by atoms with Gasteiger partial charge in [0.25, 0.3) is 0 Å². The lowest BCUT2D eigenvalue weighted by Gasteiger charge is -2.26. The first kappa shape index (κ1) is 17.7. The minimum atomic E-state index is -0.234. The molecular weight excluding hydrogens is 318 g/mol. The van der Waals surface area contributed by atoms with Gasteiger partial charge in [0.05, 0.1) is 6.04 Å². The number of carbonyl (C=O) groups excluding carboxylic acids is 1. The van der Waals surface area contributed by atoms with E-state index in [1.54, 1.807) is 13.0 Å². The van der Waals surface area contributed by atoms with E-state index < -0.39 is 0 Å². The highest BCUT2D eigenvalue weighted by atomic mass is 16.5. The van der Waals surface area contributed by atoms with Crippen LogP contribution in [0, 0.1) is 6.92 Å². The fourth-order valence-electron chi connectivity index (χ4n) is 3.36. The molecule has 3 rings (SSSR count). The first-order valence-corrected chi connectivity index (χ1v) is 9.16. The molecule has 0 radical (unpaired) electrons. The summed E-state index contributed by atoms with van der Waals surface area (Å²) in [6.07, 6.45) is 9.02. The van der Waals surface area contributed by atoms with Gasteiger partial charge in [0.2, 0.25) is 5.91 Å². The number of rotatable bonds is 8. The van der Waals surface area contributed by atoms with Gasteiger partial charge in [-0.25, -0.2) is 4.98 Å². The molecule has 0 bridgehead atoms. The summed E-state index contributed by atoms with van der Waals surface area (Å²) in [6, 6.07) is 1.49. The zero-order valence-corrected chi connectivity index (χ0v) is 15.0. The van der Waals surface area contributed by atoms with Crippen molar-refractivity contribution in [2.45, 2.75) is 64.5 Å². The Morgan fingerprint density at radius 3 is 3.16 bits per heavy atom. The standard InChI is InChI=1S/C18H27N5O2/c1-3-4-7-15(18(24)21-16-11-13(2)25-22-16)20-12-14-6-5-9-23-10-8-19-17(14)23/h8,10-11,14-15,20H,3-7,9,12H2,1-2H3,(H,21,22,24)/t14-,15+/m0/s1. The number of hydrogen-bond donors (Lipinski definition) is 2. The van der Waals surface area contributed by atoms with E-state index in [1.807, 2.05) is 12.4 Å². The van der Waals surface area contributed by atoms with E-state index in [4.69, 9.17) is 4.52 Å². The Kier molecular flexibility index (Phi) is 5.86. The van der Waals surface area contributed by atoms with Crippen molar-refractivity contribution in [3.63, 3.8) is 0 Å². The van der Waals surface area contributed by atoms with Gasteiger partial charge in [-0.15, -0.1) is 0 Å². The minimum absolute atomic E-state index is 0.0547. The van der Waals surface area contributed by atoms with Crippen molar-refractivity contribution < 1.29 is 9.32 Å². The molecule has 2 atom stereocenters. The van der Waals surface area contributed by atoms with Gasteiger partial charge in [0, 0.05) is 37.5 Å². The topological polar surface area (TPSA) is 85.0 Å². The summed E-state index contributed by atoms with van der Waals surface area (Å²) in [7, 11) is 0. The third kappa shape index (κ3) is 4.48. The number of nitrogens with one attached hydrogen (secondary N) is 2. The van der Waals surface area contributed by atoms with Gasteiger partial charge in [-0.1, -0.05) is 24.9 Å². The number of unbranched alkanes of at least 4 members (excludes halogenated alkanes) is 1. The Hall–Kier alpha value is -2.15. The molecule has 1 aliphatic rings. The highest BCUT2D eigenvalue weighted by Gasteiger charge is 2.24. The third-order valence-corrected chi connectivity index (χ3v) is 4.72. The fourth-order valence-corrected chi connectivity index (χ4v) is 3.36. The number of imidazole rings is 1. The molecule has 136 valence electrons. The van der Waals surface area contributed by atoms with E-state index in [0.717, 1.165) is 51.0 Å². The molecule has 2 N–H and O–H groups in total. The van der Waals surface area contributed by atoms with E-state index in [9.17, 15) is 4.79 Å². The zero-order chi connectivity index (χ0) is 17.6. The van der Waals surface area contributed by atoms with Crippen LogP contribution in [-0.2, 0) is 11.3 Å². The van der Waals surface area contributed by atoms with Gasteiger partial charge >= 0.3 is 0 Å². The average Bonchev–Trinajstić information content (AvgIpc) is 3.24. The van der Waals surface area contributed by atoms with Crippen molar-refractivity contribution >= 4 is 11.7 Å². The second-order valence-corrected chi connectivity index (χ2v) is 6.73. The molecule has 7 heteroatoms. The monoisotopic (exact) mass is 345 g/mol. The van der Waals surface area contributed by atoms with Crippen LogP contribution in [0.5, 0.6) is 0 Å². The summed E-state index contributed by atoms with van der Waals surface area (Å²) in [6.45, 7) is 5.74. The highest BCUT2D eigenvalue weighted by molar-refractivity contribution is 5.94. The first-order valence-electron chi connectivity index (χ1n) is 9.16. The molecule has 0 fully saturated rings. The Morgan fingerprint density at radius 2 is 2.40 bits per heavy atom. The molecule has 0 unspecified atom stereocenters. The van der Waals surface area contributed by atoms with Gasteiger partial charge in [-0.05, 0) is 26.2 Å². The molecular formula is C18H27N5O2. The van der Waals surface area contributed by atoms with Crippen molar-refractivity contribution in [1.29, 1.82) is 0 Å². The predicted octanol–water partition coefficient (Wildman–Crippen LogP) is 2.84. The zero-order valence-electron chi connectivity index (χ0n) is 15.0. The Labute approximate surface area is 148 Å². The van der Waals surface area contributed by atoms with E-state index >= 15 is 0 Å². The van der Waals surface area contributed by atoms with E-state index in [0.29, 0.717) is 17.5 Å². The van der Waals surface area contributed by atoms with Crippen molar-refractivity contribution in [1.82, 2.24) is 20.0 Å². The quantitative estimate of drug-likeness (QED) is 0.768. The average molecular weight is 345 g/mol. The van der Waals surface area contributed by atoms with E-state index in [2.05, 4.69) is 32.3 Å². The fraction of sp³-hybridized carbons (Fsp3) is 0.611. The van der Waals surface area contributed by atoms with Crippen LogP contribution in [-0.4, -0.2) is 33.2 Å². The van der Waals surface area contributed by atoms with Crippen LogP contribution in [0.2, 0.25) is 0 Å². The molecule has 2 aromatic heterocycles. The Balaban J connectivity index is 1.60. The molecule has 7 nitrogen and oxygen atoms in total. The summed E-state index contributed by atoms with van der Waals surface area (Å²) < 4.78 is 7.23. The summed E-state index contributed by atoms with van der Waals surface area (Å²) >= 11 is 0. The molecule has 1 aliphatic heterocycles. The van der Waals surface area contributed by atoms with Gasteiger partial charge < -0.3 is 19.7 Å². The number of amides is 1. The second-order valence-electron chi connectivity index (χ2n) is 6.73. The molecule has 3 heterocycles. The molecule has 0 saturated carbocycles. The normalized spacial score (nSPS) is 17.9. The highest BCUT2D eigenvalue weighted by Crippen LogP contribution is 2.25. The summed E-state index contributed by atoms with van der Waals surface area (Å²) in [5.41, 5.74) is 0. The van der Waals surface area contributed by atoms with Crippen molar-refractivity contribution in [2.24, 2.45) is 0 Å². The molecule has 0 spiro atoms. The van der Waals surface area contributed by atoms with Crippen LogP contribution >= 0.6 is 0 Å². The van der Waals surface area contributed by atoms with Crippen LogP contribution in [0.4, 0.5) is 5.82 Å². The Bertz CT molecular complexity index is 693. The van der Waals surface area contributed by atoms with Crippen LogP contribution < -0.4 is 10.6 Å². The van der Waals surface area contributed by atoms with Gasteiger partial charge in [0.15, 0.2) is 5.82 Å². The SMILES string of the molecule is CCCC[C@@H](NC[C@@H]1CCCn2ccnc21)C(=O)Nc1cc(C)on1. The predicted molar refractivity (Wildman–Crippen MR) is 95.4 cm³/mol. The molecule has 0 saturated heterocycles. The maximum atomic E-state index is 12.6. The van der Waals surface area contributed by atoms with Crippen LogP contribution in [0.15, 0.2) is 23.0 Å². The van der Waals surface area contributed by atoms with Crippen molar-refractivity contribution in [3.8, 4) is 0 Å². The molecule has 1 amide bonds. The lowest BCUT2D eigenvalue weighted by molar-refractivity contribution is -0.118. The third-order valence-electron chi connectivity index (χ3n) is 4.72. The first-order chi connectivity index (χ1) is 12.2. The lowest BCUT2D eigenvalue weighted by Crippen LogP contribution is -2.43. The summed E-state index contributed by atoms with van der Waals surface area (Å²) in [4.78, 5) is 17.1. The van der Waals surface area contributed by atoms with E-state index in [-0.39, 0.29) is 11.9 Å². The lowest BCUT2D eigenvalue weighted by atomic mass is 9.98. The molecule has 0 aromatic carbocycles. The smallest absolute Gasteiger partial charge is 0.242 e. The largest absolute Gasteiger partial charge is 0.360 e. The van der Waals surface area contributed by atoms with Gasteiger partial charge in [-0.2, -0.15) is 0 Å². The van der Waals surface area contributed by atoms with Gasteiger partial charge in [0.1, 0.15) is 11.6 Å².